The second kappa shape index (κ2) is 4.85. The van der Waals surface area contributed by atoms with Crippen molar-refractivity contribution in [1.29, 1.82) is 0 Å². The molecular formula is C15H20N2O2. The molecule has 0 aromatic heterocycles. The third kappa shape index (κ3) is 2.21. The van der Waals surface area contributed by atoms with Gasteiger partial charge in [0.2, 0.25) is 5.91 Å². The zero-order chi connectivity index (χ0) is 13.3. The number of hydrogen-bond donors (Lipinski definition) is 2. The summed E-state index contributed by atoms with van der Waals surface area (Å²) < 4.78 is 5.62. The molecule has 19 heavy (non-hydrogen) atoms. The predicted molar refractivity (Wildman–Crippen MR) is 73.2 cm³/mol. The molecule has 3 rings (SSSR count). The van der Waals surface area contributed by atoms with E-state index in [0.29, 0.717) is 13.1 Å². The predicted octanol–water partition coefficient (Wildman–Crippen LogP) is 1.12. The van der Waals surface area contributed by atoms with Crippen LogP contribution < -0.4 is 15.8 Å². The molecule has 4 heteroatoms. The lowest BCUT2D eigenvalue weighted by Crippen LogP contribution is -2.37. The maximum atomic E-state index is 12.3. The molecule has 1 aliphatic carbocycles. The van der Waals surface area contributed by atoms with Gasteiger partial charge < -0.3 is 15.8 Å². The first-order valence-corrected chi connectivity index (χ1v) is 7.01. The zero-order valence-electron chi connectivity index (χ0n) is 11.1. The standard InChI is InChI=1S/C15H20N2O2/c16-7-8-17-14(18)15(5-6-15)12-3-4-13-11(10-12)2-1-9-19-13/h3-4,10H,1-2,5-9,16H2,(H,17,18). The van der Waals surface area contributed by atoms with Crippen LogP contribution in [0.3, 0.4) is 0 Å². The van der Waals surface area contributed by atoms with Crippen LogP contribution in [0.5, 0.6) is 5.75 Å². The fourth-order valence-electron chi connectivity index (χ4n) is 2.78. The Morgan fingerprint density at radius 3 is 3.00 bits per heavy atom. The highest BCUT2D eigenvalue weighted by Gasteiger charge is 2.51. The number of amides is 1. The van der Waals surface area contributed by atoms with E-state index in [1.807, 2.05) is 12.1 Å². The molecule has 102 valence electrons. The summed E-state index contributed by atoms with van der Waals surface area (Å²) in [6.45, 7) is 1.84. The molecule has 1 aliphatic heterocycles. The van der Waals surface area contributed by atoms with E-state index in [-0.39, 0.29) is 11.3 Å². The van der Waals surface area contributed by atoms with Gasteiger partial charge >= 0.3 is 0 Å². The van der Waals surface area contributed by atoms with Crippen LogP contribution in [0.1, 0.15) is 30.4 Å². The Balaban J connectivity index is 1.83. The van der Waals surface area contributed by atoms with Crippen molar-refractivity contribution in [1.82, 2.24) is 5.32 Å². The molecule has 0 unspecified atom stereocenters. The van der Waals surface area contributed by atoms with Crippen molar-refractivity contribution in [2.75, 3.05) is 19.7 Å². The van der Waals surface area contributed by atoms with E-state index < -0.39 is 0 Å². The van der Waals surface area contributed by atoms with Crippen LogP contribution >= 0.6 is 0 Å². The molecule has 0 radical (unpaired) electrons. The van der Waals surface area contributed by atoms with Gasteiger partial charge in [0.05, 0.1) is 12.0 Å². The molecule has 1 saturated carbocycles. The van der Waals surface area contributed by atoms with Crippen molar-refractivity contribution in [3.63, 3.8) is 0 Å². The van der Waals surface area contributed by atoms with Gasteiger partial charge in [-0.2, -0.15) is 0 Å². The summed E-state index contributed by atoms with van der Waals surface area (Å²) in [4.78, 5) is 12.3. The van der Waals surface area contributed by atoms with Gasteiger partial charge in [0.1, 0.15) is 5.75 Å². The molecule has 2 aliphatic rings. The minimum atomic E-state index is -0.304. The molecule has 1 fully saturated rings. The molecule has 0 spiro atoms. The van der Waals surface area contributed by atoms with Crippen LogP contribution in [0.15, 0.2) is 18.2 Å². The average molecular weight is 260 g/mol. The highest BCUT2D eigenvalue weighted by Crippen LogP contribution is 2.49. The Kier molecular flexibility index (Phi) is 3.19. The minimum absolute atomic E-state index is 0.120. The van der Waals surface area contributed by atoms with Gasteiger partial charge in [-0.15, -0.1) is 0 Å². The Labute approximate surface area is 113 Å². The number of benzene rings is 1. The molecule has 1 aromatic rings. The van der Waals surface area contributed by atoms with Crippen molar-refractivity contribution in [3.8, 4) is 5.75 Å². The number of carbonyl (C=O) groups excluding carboxylic acids is 1. The summed E-state index contributed by atoms with van der Waals surface area (Å²) in [6, 6.07) is 6.21. The Morgan fingerprint density at radius 2 is 2.26 bits per heavy atom. The first-order chi connectivity index (χ1) is 9.26. The van der Waals surface area contributed by atoms with Crippen LogP contribution in [0.2, 0.25) is 0 Å². The van der Waals surface area contributed by atoms with Crippen molar-refractivity contribution in [2.24, 2.45) is 5.73 Å². The lowest BCUT2D eigenvalue weighted by Gasteiger charge is -2.21. The second-order valence-corrected chi connectivity index (χ2v) is 5.40. The fourth-order valence-corrected chi connectivity index (χ4v) is 2.78. The first kappa shape index (κ1) is 12.5. The number of hydrogen-bond acceptors (Lipinski definition) is 3. The van der Waals surface area contributed by atoms with E-state index in [1.54, 1.807) is 0 Å². The van der Waals surface area contributed by atoms with Gasteiger partial charge in [-0.05, 0) is 42.9 Å². The van der Waals surface area contributed by atoms with Gasteiger partial charge in [0.15, 0.2) is 0 Å². The van der Waals surface area contributed by atoms with E-state index in [4.69, 9.17) is 10.5 Å². The van der Waals surface area contributed by atoms with Crippen molar-refractivity contribution >= 4 is 5.91 Å². The van der Waals surface area contributed by atoms with E-state index in [2.05, 4.69) is 11.4 Å². The SMILES string of the molecule is NCCNC(=O)C1(c2ccc3c(c2)CCCO3)CC1. The van der Waals surface area contributed by atoms with Crippen molar-refractivity contribution in [3.05, 3.63) is 29.3 Å². The van der Waals surface area contributed by atoms with Gasteiger partial charge in [-0.3, -0.25) is 4.79 Å². The second-order valence-electron chi connectivity index (χ2n) is 5.40. The van der Waals surface area contributed by atoms with E-state index in [0.717, 1.165) is 43.6 Å². The summed E-state index contributed by atoms with van der Waals surface area (Å²) in [5, 5.41) is 2.92. The molecule has 4 nitrogen and oxygen atoms in total. The van der Waals surface area contributed by atoms with E-state index >= 15 is 0 Å². The number of aryl methyl sites for hydroxylation is 1. The third-order valence-corrected chi connectivity index (χ3v) is 4.08. The number of ether oxygens (including phenoxy) is 1. The number of carbonyl (C=O) groups is 1. The fraction of sp³-hybridized carbons (Fsp3) is 0.533. The van der Waals surface area contributed by atoms with Crippen LogP contribution in [-0.4, -0.2) is 25.6 Å². The summed E-state index contributed by atoms with van der Waals surface area (Å²) in [7, 11) is 0. The van der Waals surface area contributed by atoms with Gasteiger partial charge in [-0.25, -0.2) is 0 Å². The third-order valence-electron chi connectivity index (χ3n) is 4.08. The summed E-state index contributed by atoms with van der Waals surface area (Å²) in [5.41, 5.74) is 7.50. The molecule has 3 N–H and O–H groups in total. The largest absolute Gasteiger partial charge is 0.493 e. The van der Waals surface area contributed by atoms with Crippen LogP contribution in [-0.2, 0) is 16.6 Å². The summed E-state index contributed by atoms with van der Waals surface area (Å²) in [5.74, 6) is 1.10. The van der Waals surface area contributed by atoms with Crippen LogP contribution in [0.25, 0.3) is 0 Å². The van der Waals surface area contributed by atoms with Crippen molar-refractivity contribution < 1.29 is 9.53 Å². The Hall–Kier alpha value is -1.55. The zero-order valence-corrected chi connectivity index (χ0v) is 11.1. The molecule has 1 amide bonds. The van der Waals surface area contributed by atoms with Crippen LogP contribution in [0.4, 0.5) is 0 Å². The highest BCUT2D eigenvalue weighted by atomic mass is 16.5. The summed E-state index contributed by atoms with van der Waals surface area (Å²) >= 11 is 0. The van der Waals surface area contributed by atoms with Gasteiger partial charge in [0, 0.05) is 13.1 Å². The number of fused-ring (bicyclic) bond motifs is 1. The van der Waals surface area contributed by atoms with Gasteiger partial charge in [0.25, 0.3) is 0 Å². The number of nitrogens with one attached hydrogen (secondary N) is 1. The first-order valence-electron chi connectivity index (χ1n) is 7.01. The Bertz CT molecular complexity index is 495. The maximum absolute atomic E-state index is 12.3. The Morgan fingerprint density at radius 1 is 1.42 bits per heavy atom. The minimum Gasteiger partial charge on any atom is -0.493 e. The van der Waals surface area contributed by atoms with Gasteiger partial charge in [-0.1, -0.05) is 12.1 Å². The van der Waals surface area contributed by atoms with E-state index in [9.17, 15) is 4.79 Å². The average Bonchev–Trinajstić information content (AvgIpc) is 3.26. The smallest absolute Gasteiger partial charge is 0.230 e. The van der Waals surface area contributed by atoms with Crippen molar-refractivity contribution in [2.45, 2.75) is 31.1 Å². The quantitative estimate of drug-likeness (QED) is 0.852. The normalized spacial score (nSPS) is 19.2. The molecule has 0 saturated heterocycles. The number of rotatable bonds is 4. The molecule has 0 bridgehead atoms. The lowest BCUT2D eigenvalue weighted by atomic mass is 9.91. The molecule has 1 heterocycles. The number of nitrogens with two attached hydrogens (primary N) is 1. The molecular weight excluding hydrogens is 240 g/mol. The molecule has 0 atom stereocenters. The summed E-state index contributed by atoms with van der Waals surface area (Å²) in [6.07, 6.45) is 3.97. The molecule has 1 aromatic carbocycles. The monoisotopic (exact) mass is 260 g/mol. The topological polar surface area (TPSA) is 64.3 Å². The van der Waals surface area contributed by atoms with Crippen LogP contribution in [0, 0.1) is 0 Å². The maximum Gasteiger partial charge on any atom is 0.230 e. The van der Waals surface area contributed by atoms with E-state index in [1.165, 1.54) is 5.56 Å². The lowest BCUT2D eigenvalue weighted by molar-refractivity contribution is -0.123. The highest BCUT2D eigenvalue weighted by molar-refractivity contribution is 5.91.